The Morgan fingerprint density at radius 1 is 1.26 bits per heavy atom. The van der Waals surface area contributed by atoms with Crippen molar-refractivity contribution < 1.29 is 9.84 Å². The summed E-state index contributed by atoms with van der Waals surface area (Å²) in [6.45, 7) is 1.10. The largest absolute Gasteiger partial charge is 0.389 e. The molecular formula is C23H20BrClN4O2. The molecule has 2 atom stereocenters. The van der Waals surface area contributed by atoms with Gasteiger partial charge in [0.05, 0.1) is 29.8 Å². The first kappa shape index (κ1) is 20.5. The molecule has 2 N–H and O–H groups in total. The van der Waals surface area contributed by atoms with Crippen molar-refractivity contribution >= 4 is 44.3 Å². The van der Waals surface area contributed by atoms with Gasteiger partial charge in [-0.3, -0.25) is 4.68 Å². The van der Waals surface area contributed by atoms with Gasteiger partial charge in [-0.25, -0.2) is 4.98 Å². The maximum absolute atomic E-state index is 10.5. The zero-order chi connectivity index (χ0) is 21.4. The zero-order valence-electron chi connectivity index (χ0n) is 16.5. The summed E-state index contributed by atoms with van der Waals surface area (Å²) >= 11 is 10.4. The number of nitrogens with zero attached hydrogens (tertiary/aromatic N) is 3. The maximum Gasteiger partial charge on any atom is 0.134 e. The number of benzene rings is 2. The quantitative estimate of drug-likeness (QED) is 0.407. The van der Waals surface area contributed by atoms with Crippen LogP contribution in [0.2, 0.25) is 5.02 Å². The summed E-state index contributed by atoms with van der Waals surface area (Å²) in [5, 5.41) is 19.6. The summed E-state index contributed by atoms with van der Waals surface area (Å²) in [7, 11) is 0. The number of aliphatic hydroxyl groups is 1. The van der Waals surface area contributed by atoms with E-state index in [1.807, 2.05) is 48.7 Å². The molecule has 0 bridgehead atoms. The number of nitrogens with one attached hydrogen (secondary N) is 1. The summed E-state index contributed by atoms with van der Waals surface area (Å²) < 4.78 is 8.94. The van der Waals surface area contributed by atoms with Gasteiger partial charge in [-0.05, 0) is 29.3 Å². The second-order valence-electron chi connectivity index (χ2n) is 7.50. The third-order valence-corrected chi connectivity index (χ3v) is 6.28. The van der Waals surface area contributed by atoms with Crippen LogP contribution >= 0.6 is 27.5 Å². The van der Waals surface area contributed by atoms with E-state index >= 15 is 0 Å². The highest BCUT2D eigenvalue weighted by molar-refractivity contribution is 9.10. The highest BCUT2D eigenvalue weighted by Crippen LogP contribution is 2.43. The van der Waals surface area contributed by atoms with Gasteiger partial charge >= 0.3 is 0 Å². The number of aromatic nitrogens is 3. The van der Waals surface area contributed by atoms with E-state index in [1.54, 1.807) is 10.9 Å². The molecule has 4 aromatic rings. The van der Waals surface area contributed by atoms with Gasteiger partial charge in [-0.15, -0.1) is 0 Å². The van der Waals surface area contributed by atoms with Crippen LogP contribution in [0.1, 0.15) is 22.8 Å². The Bertz CT molecular complexity index is 1230. The van der Waals surface area contributed by atoms with E-state index < -0.39 is 12.2 Å². The minimum atomic E-state index is -0.713. The molecule has 2 aromatic heterocycles. The molecule has 158 valence electrons. The molecular weight excluding hydrogens is 480 g/mol. The number of hydrogen-bond acceptors (Lipinski definition) is 5. The van der Waals surface area contributed by atoms with Crippen molar-refractivity contribution in [1.82, 2.24) is 14.8 Å². The van der Waals surface area contributed by atoms with Crippen LogP contribution in [0.3, 0.4) is 0 Å². The summed E-state index contributed by atoms with van der Waals surface area (Å²) in [5.41, 5.74) is 3.70. The molecule has 0 saturated heterocycles. The zero-order valence-corrected chi connectivity index (χ0v) is 18.8. The van der Waals surface area contributed by atoms with Crippen molar-refractivity contribution in [3.8, 4) is 0 Å². The van der Waals surface area contributed by atoms with Crippen LogP contribution in [0, 0.1) is 0 Å². The molecule has 5 rings (SSSR count). The second kappa shape index (κ2) is 8.59. The van der Waals surface area contributed by atoms with Crippen molar-refractivity contribution in [1.29, 1.82) is 0 Å². The molecule has 2 aromatic carbocycles. The molecule has 8 heteroatoms. The van der Waals surface area contributed by atoms with Gasteiger partial charge in [0.15, 0.2) is 0 Å². The molecule has 0 saturated carbocycles. The molecule has 0 spiro atoms. The van der Waals surface area contributed by atoms with Crippen molar-refractivity contribution in [2.24, 2.45) is 0 Å². The number of pyridine rings is 1. The fraction of sp³-hybridized carbons (Fsp3) is 0.217. The van der Waals surface area contributed by atoms with Gasteiger partial charge in [0.2, 0.25) is 0 Å². The van der Waals surface area contributed by atoms with Gasteiger partial charge in [0.1, 0.15) is 11.9 Å². The first-order valence-electron chi connectivity index (χ1n) is 9.97. The van der Waals surface area contributed by atoms with E-state index in [2.05, 4.69) is 32.4 Å². The lowest BCUT2D eigenvalue weighted by molar-refractivity contribution is -0.00171. The Kier molecular flexibility index (Phi) is 5.67. The van der Waals surface area contributed by atoms with E-state index in [0.717, 1.165) is 32.1 Å². The van der Waals surface area contributed by atoms with Crippen LogP contribution in [-0.2, 0) is 17.8 Å². The van der Waals surface area contributed by atoms with Crippen LogP contribution in [0.25, 0.3) is 10.9 Å². The first-order chi connectivity index (χ1) is 15.1. The summed E-state index contributed by atoms with van der Waals surface area (Å²) in [4.78, 5) is 4.84. The molecule has 3 heterocycles. The third-order valence-electron chi connectivity index (χ3n) is 5.38. The van der Waals surface area contributed by atoms with Crippen molar-refractivity contribution in [3.63, 3.8) is 0 Å². The monoisotopic (exact) mass is 498 g/mol. The summed E-state index contributed by atoms with van der Waals surface area (Å²) in [5.74, 6) is 0.693. The third kappa shape index (κ3) is 4.06. The average molecular weight is 500 g/mol. The first-order valence-corrected chi connectivity index (χ1v) is 11.1. The number of hydrogen-bond donors (Lipinski definition) is 2. The topological polar surface area (TPSA) is 72.2 Å². The molecule has 2 unspecified atom stereocenters. The van der Waals surface area contributed by atoms with E-state index in [0.29, 0.717) is 23.9 Å². The number of halogens is 2. The molecule has 0 aliphatic carbocycles. The standard InChI is InChI=1S/C23H20BrClN4O2/c24-15-6-7-18-19(10-15)28-23-20(21(18)25)22(17-5-2-1-4-14(17)11-26-23)31-13-16(30)12-29-9-3-8-27-29/h1-10,16,22,30H,11-13H2,(H,26,28). The highest BCUT2D eigenvalue weighted by Gasteiger charge is 2.29. The van der Waals surface area contributed by atoms with Gasteiger partial charge < -0.3 is 15.2 Å². The minimum Gasteiger partial charge on any atom is -0.389 e. The molecule has 1 aliphatic heterocycles. The minimum absolute atomic E-state index is 0.132. The molecule has 0 amide bonds. The van der Waals surface area contributed by atoms with Gasteiger partial charge in [0.25, 0.3) is 0 Å². The van der Waals surface area contributed by atoms with E-state index in [4.69, 9.17) is 21.3 Å². The number of ether oxygens (including phenoxy) is 1. The Labute approximate surface area is 193 Å². The fourth-order valence-corrected chi connectivity index (χ4v) is 4.63. The smallest absolute Gasteiger partial charge is 0.134 e. The lowest BCUT2D eigenvalue weighted by Gasteiger charge is -2.23. The number of anilines is 1. The molecule has 6 nitrogen and oxygen atoms in total. The van der Waals surface area contributed by atoms with Gasteiger partial charge in [0, 0.05) is 34.4 Å². The SMILES string of the molecule is OC(COC1c2ccccc2CNc2nc3cc(Br)ccc3c(Cl)c21)Cn1cccn1. The molecule has 0 fully saturated rings. The lowest BCUT2D eigenvalue weighted by Crippen LogP contribution is -2.24. The van der Waals surface area contributed by atoms with Crippen molar-refractivity contribution in [2.75, 3.05) is 11.9 Å². The average Bonchev–Trinajstić information content (AvgIpc) is 3.21. The number of rotatable bonds is 5. The second-order valence-corrected chi connectivity index (χ2v) is 8.79. The van der Waals surface area contributed by atoms with E-state index in [-0.39, 0.29) is 6.61 Å². The Morgan fingerprint density at radius 3 is 2.97 bits per heavy atom. The summed E-state index contributed by atoms with van der Waals surface area (Å²) in [6, 6.07) is 15.8. The van der Waals surface area contributed by atoms with Gasteiger partial charge in [-0.1, -0.05) is 57.9 Å². The predicted molar refractivity (Wildman–Crippen MR) is 124 cm³/mol. The molecule has 0 radical (unpaired) electrons. The Morgan fingerprint density at radius 2 is 2.13 bits per heavy atom. The number of aliphatic hydroxyl groups excluding tert-OH is 1. The van der Waals surface area contributed by atoms with E-state index in [9.17, 15) is 5.11 Å². The Balaban J connectivity index is 1.55. The molecule has 31 heavy (non-hydrogen) atoms. The van der Waals surface area contributed by atoms with Crippen LogP contribution in [-0.4, -0.2) is 32.6 Å². The lowest BCUT2D eigenvalue weighted by atomic mass is 9.97. The van der Waals surface area contributed by atoms with Crippen LogP contribution in [0.15, 0.2) is 65.4 Å². The van der Waals surface area contributed by atoms with E-state index in [1.165, 1.54) is 0 Å². The normalized spacial score (nSPS) is 16.3. The van der Waals surface area contributed by atoms with Crippen molar-refractivity contribution in [3.05, 3.63) is 87.1 Å². The summed E-state index contributed by atoms with van der Waals surface area (Å²) in [6.07, 6.45) is 2.33. The fourth-order valence-electron chi connectivity index (χ4n) is 3.93. The highest BCUT2D eigenvalue weighted by atomic mass is 79.9. The predicted octanol–water partition coefficient (Wildman–Crippen LogP) is 4.94. The Hall–Kier alpha value is -2.45. The van der Waals surface area contributed by atoms with Crippen LogP contribution in [0.4, 0.5) is 5.82 Å². The maximum atomic E-state index is 10.5. The van der Waals surface area contributed by atoms with Crippen LogP contribution in [0.5, 0.6) is 0 Å². The van der Waals surface area contributed by atoms with Crippen LogP contribution < -0.4 is 5.32 Å². The number of fused-ring (bicyclic) bond motifs is 3. The van der Waals surface area contributed by atoms with Crippen molar-refractivity contribution in [2.45, 2.75) is 25.3 Å². The molecule has 1 aliphatic rings. The van der Waals surface area contributed by atoms with Gasteiger partial charge in [-0.2, -0.15) is 5.10 Å².